The van der Waals surface area contributed by atoms with Gasteiger partial charge in [-0.05, 0) is 36.8 Å². The number of rotatable bonds is 3. The Balaban J connectivity index is 1.48. The van der Waals surface area contributed by atoms with Crippen LogP contribution in [0.3, 0.4) is 0 Å². The first-order valence-corrected chi connectivity index (χ1v) is 8.58. The van der Waals surface area contributed by atoms with Gasteiger partial charge < -0.3 is 10.0 Å². The molecule has 1 unspecified atom stereocenters. The van der Waals surface area contributed by atoms with Gasteiger partial charge in [0.15, 0.2) is 0 Å². The number of carboxylic acid groups (broad SMARTS) is 1. The van der Waals surface area contributed by atoms with Crippen molar-refractivity contribution >= 4 is 22.9 Å². The quantitative estimate of drug-likeness (QED) is 0.903. The molecule has 1 aromatic carbocycles. The number of aryl methyl sites for hydroxylation is 1. The Bertz CT molecular complexity index is 918. The number of carbonyl (C=O) groups is 2. The fraction of sp³-hybridized carbons (Fsp3) is 0.500. The molecule has 1 spiro atoms. The maximum absolute atomic E-state index is 12.7. The van der Waals surface area contributed by atoms with Crippen molar-refractivity contribution in [2.45, 2.75) is 25.8 Å². The third-order valence-electron chi connectivity index (χ3n) is 5.94. The number of benzene rings is 1. The highest BCUT2D eigenvalue weighted by Crippen LogP contribution is 2.59. The third kappa shape index (κ3) is 2.45. The molecule has 1 saturated carbocycles. The Labute approximate surface area is 144 Å². The lowest BCUT2D eigenvalue weighted by Gasteiger charge is -2.32. The number of hydrogen-bond donors (Lipinski definition) is 1. The summed E-state index contributed by atoms with van der Waals surface area (Å²) in [5.41, 5.74) is 1.26. The second-order valence-electron chi connectivity index (χ2n) is 7.25. The molecule has 25 heavy (non-hydrogen) atoms. The molecular formula is C18H21N3O4. The van der Waals surface area contributed by atoms with E-state index < -0.39 is 5.97 Å². The summed E-state index contributed by atoms with van der Waals surface area (Å²) >= 11 is 0. The van der Waals surface area contributed by atoms with Crippen molar-refractivity contribution in [1.82, 2.24) is 14.0 Å². The van der Waals surface area contributed by atoms with E-state index in [4.69, 9.17) is 5.11 Å². The number of aliphatic carboxylic acids is 1. The van der Waals surface area contributed by atoms with Crippen LogP contribution in [0.15, 0.2) is 29.1 Å². The van der Waals surface area contributed by atoms with Gasteiger partial charge in [-0.1, -0.05) is 12.1 Å². The highest BCUT2D eigenvalue weighted by Gasteiger charge is 2.59. The first-order valence-electron chi connectivity index (χ1n) is 8.58. The monoisotopic (exact) mass is 343 g/mol. The SMILES string of the molecule is Cn1c(=O)n(CC(=O)N2CCC3(CC2)CC3C(=O)O)c2ccccc21. The molecule has 1 aromatic heterocycles. The maximum atomic E-state index is 12.7. The zero-order valence-corrected chi connectivity index (χ0v) is 14.1. The number of piperidine rings is 1. The Morgan fingerprint density at radius 2 is 1.84 bits per heavy atom. The van der Waals surface area contributed by atoms with Crippen LogP contribution in [-0.4, -0.2) is 44.1 Å². The van der Waals surface area contributed by atoms with Crippen LogP contribution in [0.5, 0.6) is 0 Å². The second-order valence-corrected chi connectivity index (χ2v) is 7.25. The summed E-state index contributed by atoms with van der Waals surface area (Å²) in [5, 5.41) is 9.15. The number of carbonyl (C=O) groups excluding carboxylic acids is 1. The lowest BCUT2D eigenvalue weighted by atomic mass is 9.91. The molecule has 2 aromatic rings. The maximum Gasteiger partial charge on any atom is 0.329 e. The highest BCUT2D eigenvalue weighted by atomic mass is 16.4. The van der Waals surface area contributed by atoms with Gasteiger partial charge in [0.1, 0.15) is 6.54 Å². The zero-order valence-electron chi connectivity index (χ0n) is 14.1. The Morgan fingerprint density at radius 3 is 2.44 bits per heavy atom. The van der Waals surface area contributed by atoms with E-state index in [1.807, 2.05) is 24.3 Å². The molecule has 1 aliphatic carbocycles. The summed E-state index contributed by atoms with van der Waals surface area (Å²) in [6.45, 7) is 1.17. The topological polar surface area (TPSA) is 84.5 Å². The molecule has 2 fully saturated rings. The van der Waals surface area contributed by atoms with Crippen LogP contribution in [0.2, 0.25) is 0 Å². The molecule has 1 aliphatic heterocycles. The third-order valence-corrected chi connectivity index (χ3v) is 5.94. The van der Waals surface area contributed by atoms with Gasteiger partial charge in [-0.3, -0.25) is 18.7 Å². The average Bonchev–Trinajstić information content (AvgIpc) is 3.26. The number of aromatic nitrogens is 2. The standard InChI is InChI=1S/C18H21N3O4/c1-19-13-4-2-3-5-14(13)21(17(19)25)11-15(22)20-8-6-18(7-9-20)10-12(18)16(23)24/h2-5,12H,6-11H2,1H3,(H,23,24). The summed E-state index contributed by atoms with van der Waals surface area (Å²) in [5.74, 6) is -1.05. The molecular weight excluding hydrogens is 322 g/mol. The van der Waals surface area contributed by atoms with E-state index in [1.165, 1.54) is 4.57 Å². The van der Waals surface area contributed by atoms with Crippen molar-refractivity contribution in [1.29, 1.82) is 0 Å². The zero-order chi connectivity index (χ0) is 17.8. The smallest absolute Gasteiger partial charge is 0.329 e. The number of fused-ring (bicyclic) bond motifs is 1. The van der Waals surface area contributed by atoms with Gasteiger partial charge in [0.25, 0.3) is 0 Å². The number of hydrogen-bond acceptors (Lipinski definition) is 3. The van der Waals surface area contributed by atoms with E-state index in [9.17, 15) is 14.4 Å². The van der Waals surface area contributed by atoms with Gasteiger partial charge in [0, 0.05) is 20.1 Å². The van der Waals surface area contributed by atoms with Crippen molar-refractivity contribution in [2.24, 2.45) is 18.4 Å². The van der Waals surface area contributed by atoms with Crippen molar-refractivity contribution < 1.29 is 14.7 Å². The number of amides is 1. The van der Waals surface area contributed by atoms with Crippen LogP contribution in [0.1, 0.15) is 19.3 Å². The molecule has 4 rings (SSSR count). The van der Waals surface area contributed by atoms with E-state index >= 15 is 0 Å². The Hall–Kier alpha value is -2.57. The summed E-state index contributed by atoms with van der Waals surface area (Å²) in [4.78, 5) is 38.0. The van der Waals surface area contributed by atoms with E-state index in [0.29, 0.717) is 13.1 Å². The minimum absolute atomic E-state index is 0.0234. The number of nitrogens with zero attached hydrogens (tertiary/aromatic N) is 3. The molecule has 2 aliphatic rings. The fourth-order valence-electron chi connectivity index (χ4n) is 4.20. The largest absolute Gasteiger partial charge is 0.481 e. The molecule has 1 amide bonds. The number of carboxylic acids is 1. The van der Waals surface area contributed by atoms with Crippen molar-refractivity contribution in [3.8, 4) is 0 Å². The Kier molecular flexibility index (Phi) is 3.49. The molecule has 1 saturated heterocycles. The van der Waals surface area contributed by atoms with Crippen molar-refractivity contribution in [2.75, 3.05) is 13.1 Å². The van der Waals surface area contributed by atoms with Gasteiger partial charge in [-0.15, -0.1) is 0 Å². The van der Waals surface area contributed by atoms with Crippen LogP contribution in [0.25, 0.3) is 11.0 Å². The predicted molar refractivity (Wildman–Crippen MR) is 91.2 cm³/mol. The fourth-order valence-corrected chi connectivity index (χ4v) is 4.20. The Morgan fingerprint density at radius 1 is 1.20 bits per heavy atom. The average molecular weight is 343 g/mol. The lowest BCUT2D eigenvalue weighted by Crippen LogP contribution is -2.42. The van der Waals surface area contributed by atoms with Crippen molar-refractivity contribution in [3.63, 3.8) is 0 Å². The van der Waals surface area contributed by atoms with Crippen molar-refractivity contribution in [3.05, 3.63) is 34.7 Å². The molecule has 2 heterocycles. The molecule has 1 atom stereocenters. The number of imidazole rings is 1. The van der Waals surface area contributed by atoms with Crippen LogP contribution in [0, 0.1) is 11.3 Å². The summed E-state index contributed by atoms with van der Waals surface area (Å²) in [6, 6.07) is 7.43. The predicted octanol–water partition coefficient (Wildman–Crippen LogP) is 1.05. The van der Waals surface area contributed by atoms with Gasteiger partial charge in [0.05, 0.1) is 17.0 Å². The highest BCUT2D eigenvalue weighted by molar-refractivity contribution is 5.81. The number of para-hydroxylation sites is 2. The van der Waals surface area contributed by atoms with Gasteiger partial charge in [-0.25, -0.2) is 4.79 Å². The van der Waals surface area contributed by atoms with E-state index in [0.717, 1.165) is 30.3 Å². The van der Waals surface area contributed by atoms with Gasteiger partial charge in [-0.2, -0.15) is 0 Å². The van der Waals surface area contributed by atoms with E-state index in [1.54, 1.807) is 16.5 Å². The van der Waals surface area contributed by atoms with Crippen LogP contribution < -0.4 is 5.69 Å². The first-order chi connectivity index (χ1) is 11.9. The van der Waals surface area contributed by atoms with Crippen LogP contribution >= 0.6 is 0 Å². The molecule has 1 N–H and O–H groups in total. The number of likely N-dealkylation sites (tertiary alicyclic amines) is 1. The summed E-state index contributed by atoms with van der Waals surface area (Å²) in [7, 11) is 1.70. The van der Waals surface area contributed by atoms with Crippen LogP contribution in [0.4, 0.5) is 0 Å². The van der Waals surface area contributed by atoms with Crippen LogP contribution in [-0.2, 0) is 23.2 Å². The normalized spacial score (nSPS) is 21.6. The van der Waals surface area contributed by atoms with E-state index in [2.05, 4.69) is 0 Å². The summed E-state index contributed by atoms with van der Waals surface area (Å²) in [6.07, 6.45) is 2.20. The van der Waals surface area contributed by atoms with Gasteiger partial charge >= 0.3 is 11.7 Å². The van der Waals surface area contributed by atoms with E-state index in [-0.39, 0.29) is 29.5 Å². The molecule has 7 nitrogen and oxygen atoms in total. The lowest BCUT2D eigenvalue weighted by molar-refractivity contribution is -0.140. The summed E-state index contributed by atoms with van der Waals surface area (Å²) < 4.78 is 3.06. The molecule has 132 valence electrons. The first kappa shape index (κ1) is 15.9. The molecule has 0 radical (unpaired) electrons. The molecule has 0 bridgehead atoms. The minimum Gasteiger partial charge on any atom is -0.481 e. The minimum atomic E-state index is -0.720. The molecule has 7 heteroatoms. The van der Waals surface area contributed by atoms with Gasteiger partial charge in [0.2, 0.25) is 5.91 Å². The second kappa shape index (κ2) is 5.47.